The van der Waals surface area contributed by atoms with Gasteiger partial charge in [0.1, 0.15) is 0 Å². The quantitative estimate of drug-likeness (QED) is 0.781. The topological polar surface area (TPSA) is 84.5 Å². The summed E-state index contributed by atoms with van der Waals surface area (Å²) < 4.78 is 30.2. The van der Waals surface area contributed by atoms with E-state index in [0.717, 1.165) is 25.7 Å². The smallest absolute Gasteiger partial charge is 0.235 e. The Balaban J connectivity index is 1.61. The maximum absolute atomic E-state index is 12.0. The molecule has 2 aliphatic rings. The summed E-state index contributed by atoms with van der Waals surface area (Å²) in [7, 11) is -3.36. The second-order valence-electron chi connectivity index (χ2n) is 6.33. The summed E-state index contributed by atoms with van der Waals surface area (Å²) in [5.41, 5.74) is 1.22. The van der Waals surface area contributed by atoms with Crippen molar-refractivity contribution in [2.75, 3.05) is 19.4 Å². The highest BCUT2D eigenvalue weighted by molar-refractivity contribution is 7.88. The molecule has 1 heterocycles. The molecule has 23 heavy (non-hydrogen) atoms. The van der Waals surface area contributed by atoms with Crippen LogP contribution in [0.25, 0.3) is 0 Å². The zero-order valence-corrected chi connectivity index (χ0v) is 13.9. The molecule has 1 aliphatic heterocycles. The van der Waals surface area contributed by atoms with Crippen LogP contribution >= 0.6 is 0 Å². The van der Waals surface area contributed by atoms with E-state index < -0.39 is 10.0 Å². The molecule has 2 N–H and O–H groups in total. The molecular weight excluding hydrogens is 316 g/mol. The summed E-state index contributed by atoms with van der Waals surface area (Å²) in [5.74, 6) is 0.293. The van der Waals surface area contributed by atoms with Crippen LogP contribution in [0.1, 0.15) is 12.0 Å². The monoisotopic (exact) mass is 338 g/mol. The average molecular weight is 338 g/mol. The molecule has 1 aromatic carbocycles. The van der Waals surface area contributed by atoms with Gasteiger partial charge in [-0.3, -0.25) is 4.79 Å². The lowest BCUT2D eigenvalue weighted by atomic mass is 9.64. The highest BCUT2D eigenvalue weighted by Gasteiger charge is 2.53. The number of nitrogens with one attached hydrogen (secondary N) is 2. The zero-order valence-electron chi connectivity index (χ0n) is 13.1. The molecule has 1 aromatic rings. The van der Waals surface area contributed by atoms with Crippen LogP contribution in [-0.2, 0) is 26.0 Å². The van der Waals surface area contributed by atoms with E-state index in [-0.39, 0.29) is 30.5 Å². The van der Waals surface area contributed by atoms with Crippen molar-refractivity contribution in [1.82, 2.24) is 10.0 Å². The first kappa shape index (κ1) is 16.4. The summed E-state index contributed by atoms with van der Waals surface area (Å²) in [6.45, 7) is 0.514. The fourth-order valence-corrected chi connectivity index (χ4v) is 4.00. The molecule has 2 fully saturated rings. The predicted octanol–water partition coefficient (Wildman–Crippen LogP) is 0.298. The molecule has 7 heteroatoms. The summed E-state index contributed by atoms with van der Waals surface area (Å²) in [6, 6.07) is 10.2. The number of hydrogen-bond acceptors (Lipinski definition) is 4. The largest absolute Gasteiger partial charge is 0.377 e. The number of carbonyl (C=O) groups is 1. The number of rotatable bonds is 6. The van der Waals surface area contributed by atoms with Gasteiger partial charge in [0, 0.05) is 24.5 Å². The first-order chi connectivity index (χ1) is 10.9. The van der Waals surface area contributed by atoms with Crippen LogP contribution in [-0.4, -0.2) is 45.9 Å². The van der Waals surface area contributed by atoms with Gasteiger partial charge in [0.25, 0.3) is 0 Å². The minimum absolute atomic E-state index is 0.0524. The Morgan fingerprint density at radius 2 is 2.04 bits per heavy atom. The van der Waals surface area contributed by atoms with Crippen LogP contribution in [0.4, 0.5) is 0 Å². The number of benzene rings is 1. The molecule has 1 aliphatic carbocycles. The molecule has 1 saturated carbocycles. The summed E-state index contributed by atoms with van der Waals surface area (Å²) in [5, 5.41) is 2.98. The van der Waals surface area contributed by atoms with Gasteiger partial charge in [-0.15, -0.1) is 0 Å². The fourth-order valence-electron chi connectivity index (χ4n) is 3.61. The predicted molar refractivity (Wildman–Crippen MR) is 86.3 cm³/mol. The fraction of sp³-hybridized carbons (Fsp3) is 0.562. The van der Waals surface area contributed by atoms with E-state index in [9.17, 15) is 13.2 Å². The summed E-state index contributed by atoms with van der Waals surface area (Å²) in [4.78, 5) is 12.0. The third kappa shape index (κ3) is 3.91. The van der Waals surface area contributed by atoms with Crippen molar-refractivity contribution in [3.63, 3.8) is 0 Å². The Bertz CT molecular complexity index is 662. The van der Waals surface area contributed by atoms with Crippen LogP contribution < -0.4 is 10.0 Å². The summed E-state index contributed by atoms with van der Waals surface area (Å²) >= 11 is 0. The Kier molecular flexibility index (Phi) is 4.70. The van der Waals surface area contributed by atoms with Crippen molar-refractivity contribution in [3.05, 3.63) is 35.9 Å². The van der Waals surface area contributed by atoms with Crippen molar-refractivity contribution < 1.29 is 17.9 Å². The van der Waals surface area contributed by atoms with Gasteiger partial charge in [-0.05, 0) is 18.4 Å². The number of ether oxygens (including phenoxy) is 1. The Morgan fingerprint density at radius 3 is 2.74 bits per heavy atom. The lowest BCUT2D eigenvalue weighted by Crippen LogP contribution is -2.62. The van der Waals surface area contributed by atoms with Crippen LogP contribution in [0, 0.1) is 11.8 Å². The third-order valence-electron chi connectivity index (χ3n) is 4.66. The lowest BCUT2D eigenvalue weighted by molar-refractivity contribution is -0.126. The van der Waals surface area contributed by atoms with Crippen molar-refractivity contribution >= 4 is 15.9 Å². The molecule has 3 rings (SSSR count). The molecule has 0 bridgehead atoms. The Hall–Kier alpha value is -1.44. The summed E-state index contributed by atoms with van der Waals surface area (Å²) in [6.07, 6.45) is 3.04. The van der Waals surface area contributed by atoms with Crippen molar-refractivity contribution in [3.8, 4) is 0 Å². The molecule has 0 spiro atoms. The standard InChI is InChI=1S/C16H22N2O4S/c1-23(20,21)17-10-14(19)18-15-12-7-8-22-16(12)13(15)9-11-5-3-2-4-6-11/h2-6,12-13,15-17H,7-10H2,1H3,(H,18,19)/t12-,13+,15-,16-/m1/s1. The van der Waals surface area contributed by atoms with Crippen LogP contribution in [0.2, 0.25) is 0 Å². The number of fused-ring (bicyclic) bond motifs is 1. The van der Waals surface area contributed by atoms with Crippen molar-refractivity contribution in [2.24, 2.45) is 11.8 Å². The molecule has 1 saturated heterocycles. The minimum Gasteiger partial charge on any atom is -0.377 e. The Morgan fingerprint density at radius 1 is 1.30 bits per heavy atom. The van der Waals surface area contributed by atoms with E-state index in [1.165, 1.54) is 5.56 Å². The van der Waals surface area contributed by atoms with E-state index in [1.54, 1.807) is 0 Å². The van der Waals surface area contributed by atoms with E-state index >= 15 is 0 Å². The molecular formula is C16H22N2O4S. The first-order valence-electron chi connectivity index (χ1n) is 7.83. The molecule has 0 aromatic heterocycles. The zero-order chi connectivity index (χ0) is 16.4. The third-order valence-corrected chi connectivity index (χ3v) is 5.33. The van der Waals surface area contributed by atoms with Gasteiger partial charge in [0.2, 0.25) is 15.9 Å². The SMILES string of the molecule is CS(=O)(=O)NCC(=O)N[C@@H]1[C@H]2CCO[C@H]2[C@H]1Cc1ccccc1. The number of hydrogen-bond donors (Lipinski definition) is 2. The second kappa shape index (κ2) is 6.59. The molecule has 126 valence electrons. The van der Waals surface area contributed by atoms with Crippen LogP contribution in [0.15, 0.2) is 30.3 Å². The minimum atomic E-state index is -3.36. The first-order valence-corrected chi connectivity index (χ1v) is 9.73. The van der Waals surface area contributed by atoms with E-state index in [2.05, 4.69) is 22.2 Å². The van der Waals surface area contributed by atoms with Gasteiger partial charge in [-0.25, -0.2) is 13.1 Å². The average Bonchev–Trinajstić information content (AvgIpc) is 2.93. The molecule has 0 radical (unpaired) electrons. The number of carbonyl (C=O) groups excluding carboxylic acids is 1. The maximum atomic E-state index is 12.0. The molecule has 6 nitrogen and oxygen atoms in total. The number of amides is 1. The van der Waals surface area contributed by atoms with Gasteiger partial charge in [-0.1, -0.05) is 30.3 Å². The van der Waals surface area contributed by atoms with E-state index in [0.29, 0.717) is 5.92 Å². The molecule has 4 atom stereocenters. The van der Waals surface area contributed by atoms with Gasteiger partial charge < -0.3 is 10.1 Å². The highest BCUT2D eigenvalue weighted by atomic mass is 32.2. The lowest BCUT2D eigenvalue weighted by Gasteiger charge is -2.48. The highest BCUT2D eigenvalue weighted by Crippen LogP contribution is 2.45. The number of sulfonamides is 1. The van der Waals surface area contributed by atoms with Gasteiger partial charge in [0.05, 0.1) is 18.9 Å². The normalized spacial score (nSPS) is 29.6. The van der Waals surface area contributed by atoms with Crippen LogP contribution in [0.3, 0.4) is 0 Å². The van der Waals surface area contributed by atoms with E-state index in [1.807, 2.05) is 18.2 Å². The molecule has 0 unspecified atom stereocenters. The second-order valence-corrected chi connectivity index (χ2v) is 8.16. The van der Waals surface area contributed by atoms with Gasteiger partial charge in [0.15, 0.2) is 0 Å². The Labute approximate surface area is 136 Å². The van der Waals surface area contributed by atoms with E-state index in [4.69, 9.17) is 4.74 Å². The molecule has 1 amide bonds. The van der Waals surface area contributed by atoms with Gasteiger partial charge in [-0.2, -0.15) is 0 Å². The van der Waals surface area contributed by atoms with Crippen molar-refractivity contribution in [1.29, 1.82) is 0 Å². The van der Waals surface area contributed by atoms with Crippen molar-refractivity contribution in [2.45, 2.75) is 25.0 Å². The van der Waals surface area contributed by atoms with Gasteiger partial charge >= 0.3 is 0 Å². The maximum Gasteiger partial charge on any atom is 0.235 e. The van der Waals surface area contributed by atoms with Crippen LogP contribution in [0.5, 0.6) is 0 Å².